The molecule has 1 aliphatic rings. The highest BCUT2D eigenvalue weighted by molar-refractivity contribution is 7.89. The van der Waals surface area contributed by atoms with E-state index in [2.05, 4.69) is 5.32 Å². The van der Waals surface area contributed by atoms with Crippen molar-refractivity contribution >= 4 is 68.0 Å². The average molecular weight is 526 g/mol. The van der Waals surface area contributed by atoms with Crippen molar-refractivity contribution in [3.8, 4) is 5.75 Å². The van der Waals surface area contributed by atoms with Gasteiger partial charge in [-0.05, 0) is 50.1 Å². The van der Waals surface area contributed by atoms with E-state index in [-0.39, 0.29) is 37.4 Å². The molecule has 0 unspecified atom stereocenters. The fourth-order valence-electron chi connectivity index (χ4n) is 3.29. The monoisotopic (exact) mass is 524 g/mol. The summed E-state index contributed by atoms with van der Waals surface area (Å²) >= 11 is 24.2. The Kier molecular flexibility index (Phi) is 8.00. The molecule has 0 spiro atoms. The van der Waals surface area contributed by atoms with Crippen LogP contribution < -0.4 is 10.1 Å². The first kappa shape index (κ1) is 24.4. The van der Waals surface area contributed by atoms with E-state index in [9.17, 15) is 13.2 Å². The highest BCUT2D eigenvalue weighted by Gasteiger charge is 2.34. The van der Waals surface area contributed by atoms with Crippen LogP contribution >= 0.6 is 46.4 Å². The Balaban J connectivity index is 1.76. The summed E-state index contributed by atoms with van der Waals surface area (Å²) in [6.45, 7) is 2.57. The molecule has 1 heterocycles. The van der Waals surface area contributed by atoms with Gasteiger partial charge in [-0.2, -0.15) is 4.31 Å². The number of carbonyl (C=O) groups excluding carboxylic acids is 1. The van der Waals surface area contributed by atoms with E-state index in [1.807, 2.05) is 6.92 Å². The Morgan fingerprint density at radius 2 is 1.81 bits per heavy atom. The number of carbonyl (C=O) groups is 1. The minimum atomic E-state index is -3.83. The van der Waals surface area contributed by atoms with Crippen LogP contribution in [0.1, 0.15) is 19.8 Å². The number of hydrogen-bond acceptors (Lipinski definition) is 4. The number of rotatable bonds is 6. The number of sulfonamides is 1. The summed E-state index contributed by atoms with van der Waals surface area (Å²) in [5.74, 6) is -0.477. The predicted octanol–water partition coefficient (Wildman–Crippen LogP) is 5.74. The number of nitrogens with one attached hydrogen (secondary N) is 1. The summed E-state index contributed by atoms with van der Waals surface area (Å²) in [7, 11) is -3.83. The maximum atomic E-state index is 13.1. The fourth-order valence-corrected chi connectivity index (χ4v) is 5.74. The van der Waals surface area contributed by atoms with Gasteiger partial charge < -0.3 is 10.1 Å². The molecule has 0 radical (unpaired) electrons. The molecule has 1 atom stereocenters. The molecule has 1 amide bonds. The first-order chi connectivity index (χ1) is 14.6. The smallest absolute Gasteiger partial charge is 0.243 e. The van der Waals surface area contributed by atoms with Gasteiger partial charge in [0.1, 0.15) is 5.75 Å². The average Bonchev–Trinajstić information content (AvgIpc) is 2.73. The largest absolute Gasteiger partial charge is 0.492 e. The van der Waals surface area contributed by atoms with Gasteiger partial charge in [0.05, 0.1) is 43.2 Å². The normalized spacial score (nSPS) is 17.4. The zero-order valence-electron chi connectivity index (χ0n) is 16.5. The van der Waals surface area contributed by atoms with E-state index in [1.54, 1.807) is 0 Å². The van der Waals surface area contributed by atoms with E-state index in [0.29, 0.717) is 37.4 Å². The van der Waals surface area contributed by atoms with Crippen LogP contribution in [0.25, 0.3) is 0 Å². The number of ether oxygens (including phenoxy) is 1. The van der Waals surface area contributed by atoms with Crippen LogP contribution in [0, 0.1) is 5.92 Å². The second-order valence-electron chi connectivity index (χ2n) is 6.96. The molecule has 0 bridgehead atoms. The van der Waals surface area contributed by atoms with Gasteiger partial charge in [-0.1, -0.05) is 46.4 Å². The third kappa shape index (κ3) is 5.59. The quantitative estimate of drug-likeness (QED) is 0.488. The van der Waals surface area contributed by atoms with Crippen molar-refractivity contribution in [2.24, 2.45) is 5.92 Å². The molecule has 0 aliphatic carbocycles. The topological polar surface area (TPSA) is 75.7 Å². The van der Waals surface area contributed by atoms with Crippen LogP contribution in [-0.4, -0.2) is 38.3 Å². The molecule has 0 saturated carbocycles. The summed E-state index contributed by atoms with van der Waals surface area (Å²) in [5.41, 5.74) is 0.319. The summed E-state index contributed by atoms with van der Waals surface area (Å²) < 4.78 is 32.9. The molecule has 2 aromatic carbocycles. The van der Waals surface area contributed by atoms with E-state index in [4.69, 9.17) is 51.1 Å². The molecule has 1 N–H and O–H groups in total. The van der Waals surface area contributed by atoms with E-state index >= 15 is 0 Å². The van der Waals surface area contributed by atoms with Crippen LogP contribution in [0.2, 0.25) is 20.1 Å². The minimum Gasteiger partial charge on any atom is -0.492 e. The molecular weight excluding hydrogens is 506 g/mol. The first-order valence-corrected chi connectivity index (χ1v) is 12.5. The van der Waals surface area contributed by atoms with Crippen molar-refractivity contribution in [1.82, 2.24) is 4.31 Å². The van der Waals surface area contributed by atoms with Gasteiger partial charge in [-0.25, -0.2) is 8.42 Å². The van der Waals surface area contributed by atoms with E-state index in [0.717, 1.165) is 0 Å². The van der Waals surface area contributed by atoms with Gasteiger partial charge in [-0.15, -0.1) is 0 Å². The van der Waals surface area contributed by atoms with Gasteiger partial charge in [-0.3, -0.25) is 4.79 Å². The van der Waals surface area contributed by atoms with Crippen molar-refractivity contribution in [2.45, 2.75) is 24.7 Å². The molecular formula is C20H20Cl4N2O4S. The van der Waals surface area contributed by atoms with Crippen LogP contribution in [0.3, 0.4) is 0 Å². The SMILES string of the molecule is CCOc1ccc(S(=O)(=O)N2CCC[C@@H](C(=O)Nc3cc(Cl)c(Cl)cc3Cl)C2)cc1Cl. The van der Waals surface area contributed by atoms with Gasteiger partial charge in [0.2, 0.25) is 15.9 Å². The molecule has 2 aromatic rings. The molecule has 1 fully saturated rings. The lowest BCUT2D eigenvalue weighted by atomic mass is 9.98. The van der Waals surface area contributed by atoms with Crippen molar-refractivity contribution in [2.75, 3.05) is 25.0 Å². The summed E-state index contributed by atoms with van der Waals surface area (Å²) in [5, 5.41) is 3.69. The number of benzene rings is 2. The standard InChI is InChI=1S/C20H20Cl4N2O4S/c1-2-30-19-6-5-13(8-17(19)24)31(28,29)26-7-3-4-12(11-26)20(27)25-18-10-15(22)14(21)9-16(18)23/h5-6,8-10,12H,2-4,7,11H2,1H3,(H,25,27)/t12-/m1/s1. The van der Waals surface area contributed by atoms with Crippen molar-refractivity contribution < 1.29 is 17.9 Å². The lowest BCUT2D eigenvalue weighted by Crippen LogP contribution is -2.43. The molecule has 3 rings (SSSR count). The zero-order chi connectivity index (χ0) is 22.8. The number of hydrogen-bond donors (Lipinski definition) is 1. The highest BCUT2D eigenvalue weighted by Crippen LogP contribution is 2.34. The predicted molar refractivity (Wildman–Crippen MR) is 124 cm³/mol. The minimum absolute atomic E-state index is 0.0396. The first-order valence-electron chi connectivity index (χ1n) is 9.51. The van der Waals surface area contributed by atoms with E-state index < -0.39 is 15.9 Å². The second kappa shape index (κ2) is 10.1. The van der Waals surface area contributed by atoms with Crippen molar-refractivity contribution in [3.05, 3.63) is 50.4 Å². The van der Waals surface area contributed by atoms with Crippen LogP contribution in [0.15, 0.2) is 35.2 Å². The molecule has 1 aliphatic heterocycles. The number of nitrogens with zero attached hydrogens (tertiary/aromatic N) is 1. The summed E-state index contributed by atoms with van der Waals surface area (Å²) in [6.07, 6.45) is 1.08. The van der Waals surface area contributed by atoms with Crippen LogP contribution in [0.4, 0.5) is 5.69 Å². The highest BCUT2D eigenvalue weighted by atomic mass is 35.5. The third-order valence-electron chi connectivity index (χ3n) is 4.86. The Morgan fingerprint density at radius 3 is 2.48 bits per heavy atom. The molecule has 11 heteroatoms. The molecule has 0 aromatic heterocycles. The van der Waals surface area contributed by atoms with E-state index in [1.165, 1.54) is 34.6 Å². The Hall–Kier alpha value is -1.22. The second-order valence-corrected chi connectivity index (χ2v) is 10.5. The molecule has 168 valence electrons. The van der Waals surface area contributed by atoms with Crippen LogP contribution in [-0.2, 0) is 14.8 Å². The lowest BCUT2D eigenvalue weighted by molar-refractivity contribution is -0.120. The number of halogens is 4. The van der Waals surface area contributed by atoms with Crippen molar-refractivity contribution in [1.29, 1.82) is 0 Å². The molecule has 1 saturated heterocycles. The van der Waals surface area contributed by atoms with Crippen molar-refractivity contribution in [3.63, 3.8) is 0 Å². The van der Waals surface area contributed by atoms with Gasteiger partial charge >= 0.3 is 0 Å². The maximum absolute atomic E-state index is 13.1. The number of anilines is 1. The summed E-state index contributed by atoms with van der Waals surface area (Å²) in [4.78, 5) is 12.8. The van der Waals surface area contributed by atoms with Crippen LogP contribution in [0.5, 0.6) is 5.75 Å². The molecule has 31 heavy (non-hydrogen) atoms. The number of amides is 1. The van der Waals surface area contributed by atoms with Gasteiger partial charge in [0.25, 0.3) is 0 Å². The Labute approximate surface area is 201 Å². The summed E-state index contributed by atoms with van der Waals surface area (Å²) in [6, 6.07) is 7.24. The third-order valence-corrected chi connectivity index (χ3v) is 8.06. The lowest BCUT2D eigenvalue weighted by Gasteiger charge is -2.31. The Bertz CT molecular complexity index is 1090. The van der Waals surface area contributed by atoms with Gasteiger partial charge in [0, 0.05) is 13.1 Å². The molecule has 6 nitrogen and oxygen atoms in total. The fraction of sp³-hybridized carbons (Fsp3) is 0.350. The maximum Gasteiger partial charge on any atom is 0.243 e. The number of piperidine rings is 1. The van der Waals surface area contributed by atoms with Gasteiger partial charge in [0.15, 0.2) is 0 Å². The Morgan fingerprint density at radius 1 is 1.10 bits per heavy atom. The zero-order valence-corrected chi connectivity index (χ0v) is 20.3.